The molecule has 0 aliphatic rings. The Morgan fingerprint density at radius 2 is 1.64 bits per heavy atom. The molecule has 124 valence electrons. The van der Waals surface area contributed by atoms with Crippen molar-refractivity contribution in [2.24, 2.45) is 0 Å². The Balaban J connectivity index is 1.60. The number of aromatic amines is 1. The van der Waals surface area contributed by atoms with Gasteiger partial charge in [-0.25, -0.2) is 0 Å². The average Bonchev–Trinajstić information content (AvgIpc) is 2.65. The molecule has 0 aliphatic carbocycles. The Bertz CT molecular complexity index is 1090. The summed E-state index contributed by atoms with van der Waals surface area (Å²) in [4.78, 5) is 15.3. The molecular formula is C22H20N2O. The molecule has 3 aromatic carbocycles. The maximum absolute atomic E-state index is 12.3. The van der Waals surface area contributed by atoms with Gasteiger partial charge in [0.2, 0.25) is 0 Å². The lowest BCUT2D eigenvalue weighted by atomic mass is 9.99. The van der Waals surface area contributed by atoms with E-state index >= 15 is 0 Å². The molecule has 0 unspecified atom stereocenters. The molecule has 1 atom stereocenters. The first-order chi connectivity index (χ1) is 12.2. The zero-order chi connectivity index (χ0) is 17.2. The SMILES string of the molecule is C[C@@H](NCc1cc2ccccc2[nH]c1=O)c1cccc2ccccc12. The number of H-pyrrole nitrogens is 1. The summed E-state index contributed by atoms with van der Waals surface area (Å²) in [7, 11) is 0. The number of benzene rings is 3. The second-order valence-electron chi connectivity index (χ2n) is 6.38. The summed E-state index contributed by atoms with van der Waals surface area (Å²) in [6.07, 6.45) is 0. The van der Waals surface area contributed by atoms with Crippen LogP contribution >= 0.6 is 0 Å². The topological polar surface area (TPSA) is 44.9 Å². The van der Waals surface area contributed by atoms with Crippen molar-refractivity contribution in [2.45, 2.75) is 19.5 Å². The normalized spacial score (nSPS) is 12.5. The summed E-state index contributed by atoms with van der Waals surface area (Å²) in [5.41, 5.74) is 2.84. The summed E-state index contributed by atoms with van der Waals surface area (Å²) < 4.78 is 0. The number of hydrogen-bond donors (Lipinski definition) is 2. The minimum absolute atomic E-state index is 0.0312. The predicted octanol–water partition coefficient (Wildman–Crippen LogP) is 4.53. The molecule has 0 fully saturated rings. The summed E-state index contributed by atoms with van der Waals surface area (Å²) in [5, 5.41) is 7.03. The smallest absolute Gasteiger partial charge is 0.252 e. The van der Waals surface area contributed by atoms with Crippen molar-refractivity contribution >= 4 is 21.7 Å². The third-order valence-electron chi connectivity index (χ3n) is 4.72. The van der Waals surface area contributed by atoms with E-state index in [1.165, 1.54) is 16.3 Å². The van der Waals surface area contributed by atoms with Gasteiger partial charge in [-0.3, -0.25) is 4.79 Å². The highest BCUT2D eigenvalue weighted by Gasteiger charge is 2.10. The first-order valence-electron chi connectivity index (χ1n) is 8.54. The van der Waals surface area contributed by atoms with Crippen LogP contribution in [0.3, 0.4) is 0 Å². The molecule has 3 heteroatoms. The number of pyridine rings is 1. The predicted molar refractivity (Wildman–Crippen MR) is 104 cm³/mol. The zero-order valence-electron chi connectivity index (χ0n) is 14.1. The second kappa shape index (κ2) is 6.54. The Labute approximate surface area is 146 Å². The first kappa shape index (κ1) is 15.6. The van der Waals surface area contributed by atoms with Gasteiger partial charge in [-0.15, -0.1) is 0 Å². The Morgan fingerprint density at radius 1 is 0.920 bits per heavy atom. The van der Waals surface area contributed by atoms with E-state index in [0.29, 0.717) is 6.54 Å². The fourth-order valence-electron chi connectivity index (χ4n) is 3.32. The van der Waals surface area contributed by atoms with Gasteiger partial charge in [0.1, 0.15) is 0 Å². The molecule has 3 nitrogen and oxygen atoms in total. The van der Waals surface area contributed by atoms with Gasteiger partial charge in [0.15, 0.2) is 0 Å². The van der Waals surface area contributed by atoms with E-state index in [1.54, 1.807) is 0 Å². The van der Waals surface area contributed by atoms with E-state index in [0.717, 1.165) is 16.5 Å². The maximum atomic E-state index is 12.3. The Hall–Kier alpha value is -2.91. The summed E-state index contributed by atoms with van der Waals surface area (Å²) in [5.74, 6) is 0. The van der Waals surface area contributed by atoms with Crippen molar-refractivity contribution in [3.63, 3.8) is 0 Å². The number of para-hydroxylation sites is 1. The van der Waals surface area contributed by atoms with Gasteiger partial charge in [0.25, 0.3) is 5.56 Å². The Morgan fingerprint density at radius 3 is 2.52 bits per heavy atom. The molecular weight excluding hydrogens is 308 g/mol. The van der Waals surface area contributed by atoms with Crippen LogP contribution in [0.4, 0.5) is 0 Å². The number of nitrogens with one attached hydrogen (secondary N) is 2. The lowest BCUT2D eigenvalue weighted by Gasteiger charge is -2.16. The molecule has 4 aromatic rings. The standard InChI is InChI=1S/C22H20N2O/c1-15(19-11-6-9-16-7-2-4-10-20(16)19)23-14-18-13-17-8-3-5-12-21(17)24-22(18)25/h2-13,15,23H,14H2,1H3,(H,24,25)/t15-/m1/s1. The van der Waals surface area contributed by atoms with Crippen LogP contribution in [0.5, 0.6) is 0 Å². The molecule has 1 aromatic heterocycles. The quantitative estimate of drug-likeness (QED) is 0.578. The number of rotatable bonds is 4. The van der Waals surface area contributed by atoms with Gasteiger partial charge < -0.3 is 10.3 Å². The molecule has 0 radical (unpaired) electrons. The molecule has 2 N–H and O–H groups in total. The fraction of sp³-hybridized carbons (Fsp3) is 0.136. The van der Waals surface area contributed by atoms with Gasteiger partial charge in [0, 0.05) is 23.7 Å². The maximum Gasteiger partial charge on any atom is 0.252 e. The monoisotopic (exact) mass is 328 g/mol. The molecule has 0 aliphatic heterocycles. The van der Waals surface area contributed by atoms with Gasteiger partial charge in [-0.1, -0.05) is 60.7 Å². The van der Waals surface area contributed by atoms with Crippen molar-refractivity contribution in [3.05, 3.63) is 94.3 Å². The van der Waals surface area contributed by atoms with Crippen molar-refractivity contribution in [1.29, 1.82) is 0 Å². The zero-order valence-corrected chi connectivity index (χ0v) is 14.1. The van der Waals surface area contributed by atoms with Crippen molar-refractivity contribution < 1.29 is 0 Å². The van der Waals surface area contributed by atoms with Crippen molar-refractivity contribution in [1.82, 2.24) is 10.3 Å². The van der Waals surface area contributed by atoms with Crippen LogP contribution in [0.15, 0.2) is 77.6 Å². The minimum Gasteiger partial charge on any atom is -0.322 e. The molecule has 0 bridgehead atoms. The van der Waals surface area contributed by atoms with Gasteiger partial charge in [-0.05, 0) is 40.8 Å². The second-order valence-corrected chi connectivity index (χ2v) is 6.38. The molecule has 25 heavy (non-hydrogen) atoms. The van der Waals surface area contributed by atoms with Crippen LogP contribution in [-0.2, 0) is 6.54 Å². The molecule has 4 rings (SSSR count). The average molecular weight is 328 g/mol. The molecule has 0 saturated heterocycles. The van der Waals surface area contributed by atoms with E-state index in [9.17, 15) is 4.79 Å². The molecule has 0 spiro atoms. The highest BCUT2D eigenvalue weighted by molar-refractivity contribution is 5.86. The van der Waals surface area contributed by atoms with Crippen LogP contribution in [0.2, 0.25) is 0 Å². The van der Waals surface area contributed by atoms with Crippen molar-refractivity contribution in [3.8, 4) is 0 Å². The lowest BCUT2D eigenvalue weighted by Crippen LogP contribution is -2.23. The highest BCUT2D eigenvalue weighted by Crippen LogP contribution is 2.24. The third-order valence-corrected chi connectivity index (χ3v) is 4.72. The number of fused-ring (bicyclic) bond motifs is 2. The minimum atomic E-state index is -0.0312. The van der Waals surface area contributed by atoms with E-state index in [1.807, 2.05) is 30.3 Å². The highest BCUT2D eigenvalue weighted by atomic mass is 16.1. The van der Waals surface area contributed by atoms with E-state index in [4.69, 9.17) is 0 Å². The van der Waals surface area contributed by atoms with E-state index < -0.39 is 0 Å². The van der Waals surface area contributed by atoms with Crippen molar-refractivity contribution in [2.75, 3.05) is 0 Å². The lowest BCUT2D eigenvalue weighted by molar-refractivity contribution is 0.576. The van der Waals surface area contributed by atoms with Gasteiger partial charge in [-0.2, -0.15) is 0 Å². The summed E-state index contributed by atoms with van der Waals surface area (Å²) in [6, 6.07) is 24.7. The summed E-state index contributed by atoms with van der Waals surface area (Å²) >= 11 is 0. The van der Waals surface area contributed by atoms with Crippen LogP contribution in [0.1, 0.15) is 24.1 Å². The van der Waals surface area contributed by atoms with E-state index in [-0.39, 0.29) is 11.6 Å². The fourth-order valence-corrected chi connectivity index (χ4v) is 3.32. The van der Waals surface area contributed by atoms with E-state index in [2.05, 4.69) is 59.7 Å². The third kappa shape index (κ3) is 3.06. The number of aromatic nitrogens is 1. The molecule has 1 heterocycles. The summed E-state index contributed by atoms with van der Waals surface area (Å²) in [6.45, 7) is 2.67. The van der Waals surface area contributed by atoms with Crippen LogP contribution in [-0.4, -0.2) is 4.98 Å². The first-order valence-corrected chi connectivity index (χ1v) is 8.54. The van der Waals surface area contributed by atoms with Gasteiger partial charge >= 0.3 is 0 Å². The largest absolute Gasteiger partial charge is 0.322 e. The van der Waals surface area contributed by atoms with Gasteiger partial charge in [0.05, 0.1) is 0 Å². The van der Waals surface area contributed by atoms with Crippen LogP contribution < -0.4 is 10.9 Å². The Kier molecular flexibility index (Phi) is 4.08. The van der Waals surface area contributed by atoms with Crippen LogP contribution in [0, 0.1) is 0 Å². The molecule has 0 saturated carbocycles. The number of hydrogen-bond acceptors (Lipinski definition) is 2. The van der Waals surface area contributed by atoms with Crippen LogP contribution in [0.25, 0.3) is 21.7 Å². The molecule has 0 amide bonds.